The van der Waals surface area contributed by atoms with Crippen LogP contribution in [0.4, 0.5) is 4.79 Å². The summed E-state index contributed by atoms with van der Waals surface area (Å²) in [5, 5.41) is 0. The monoisotopic (exact) mass is 373 g/mol. The van der Waals surface area contributed by atoms with E-state index in [9.17, 15) is 4.79 Å². The van der Waals surface area contributed by atoms with Gasteiger partial charge in [-0.3, -0.25) is 9.80 Å². The first-order valence-corrected chi connectivity index (χ1v) is 10.3. The lowest BCUT2D eigenvalue weighted by Crippen LogP contribution is -2.49. The molecule has 5 heteroatoms. The van der Waals surface area contributed by atoms with Crippen LogP contribution in [0.25, 0.3) is 0 Å². The van der Waals surface area contributed by atoms with E-state index in [4.69, 9.17) is 4.74 Å². The van der Waals surface area contributed by atoms with Crippen LogP contribution in [0.5, 0.6) is 0 Å². The zero-order valence-electron chi connectivity index (χ0n) is 17.4. The summed E-state index contributed by atoms with van der Waals surface area (Å²) in [4.78, 5) is 19.3. The van der Waals surface area contributed by atoms with Crippen LogP contribution in [0.3, 0.4) is 0 Å². The molecule has 2 atom stereocenters. The zero-order valence-corrected chi connectivity index (χ0v) is 17.4. The van der Waals surface area contributed by atoms with E-state index in [0.717, 1.165) is 45.6 Å². The molecule has 1 aromatic carbocycles. The summed E-state index contributed by atoms with van der Waals surface area (Å²) >= 11 is 0. The molecule has 150 valence electrons. The van der Waals surface area contributed by atoms with Gasteiger partial charge in [0.2, 0.25) is 0 Å². The Kier molecular flexibility index (Phi) is 6.43. The molecule has 1 aliphatic heterocycles. The van der Waals surface area contributed by atoms with Gasteiger partial charge in [0.15, 0.2) is 0 Å². The normalized spacial score (nSPS) is 24.7. The van der Waals surface area contributed by atoms with Gasteiger partial charge in [-0.25, -0.2) is 4.79 Å². The van der Waals surface area contributed by atoms with Crippen molar-refractivity contribution in [3.8, 4) is 0 Å². The number of nitrogens with zero attached hydrogens (tertiary/aromatic N) is 3. The van der Waals surface area contributed by atoms with E-state index >= 15 is 0 Å². The molecule has 2 aliphatic rings. The molecule has 1 aliphatic carbocycles. The molecule has 2 unspecified atom stereocenters. The Morgan fingerprint density at radius 3 is 2.41 bits per heavy atom. The SMILES string of the molecule is CN(C(=O)OC(C)(C)C)C1CCC(N2CCN(Cc3ccccc3)CC2)C1. The lowest BCUT2D eigenvalue weighted by Gasteiger charge is -2.38. The molecule has 0 radical (unpaired) electrons. The average molecular weight is 374 g/mol. The molecule has 0 bridgehead atoms. The lowest BCUT2D eigenvalue weighted by molar-refractivity contribution is 0.0215. The van der Waals surface area contributed by atoms with Crippen LogP contribution in [0.1, 0.15) is 45.6 Å². The number of carbonyl (C=O) groups excluding carboxylic acids is 1. The van der Waals surface area contributed by atoms with E-state index in [0.29, 0.717) is 12.1 Å². The Labute approximate surface area is 164 Å². The number of carbonyl (C=O) groups is 1. The summed E-state index contributed by atoms with van der Waals surface area (Å²) in [6.45, 7) is 11.3. The second-order valence-corrected chi connectivity index (χ2v) is 9.01. The highest BCUT2D eigenvalue weighted by Gasteiger charge is 2.35. The van der Waals surface area contributed by atoms with Crippen molar-refractivity contribution in [3.05, 3.63) is 35.9 Å². The summed E-state index contributed by atoms with van der Waals surface area (Å²) in [6, 6.07) is 11.6. The van der Waals surface area contributed by atoms with Crippen molar-refractivity contribution in [3.63, 3.8) is 0 Å². The summed E-state index contributed by atoms with van der Waals surface area (Å²) in [5.74, 6) is 0. The van der Waals surface area contributed by atoms with Crippen LogP contribution >= 0.6 is 0 Å². The molecule has 27 heavy (non-hydrogen) atoms. The fourth-order valence-corrected chi connectivity index (χ4v) is 4.23. The smallest absolute Gasteiger partial charge is 0.410 e. The highest BCUT2D eigenvalue weighted by molar-refractivity contribution is 5.68. The van der Waals surface area contributed by atoms with Gasteiger partial charge in [0, 0.05) is 51.9 Å². The van der Waals surface area contributed by atoms with Crippen LogP contribution in [-0.2, 0) is 11.3 Å². The fraction of sp³-hybridized carbons (Fsp3) is 0.682. The van der Waals surface area contributed by atoms with Crippen molar-refractivity contribution in [2.24, 2.45) is 0 Å². The molecule has 0 N–H and O–H groups in total. The van der Waals surface area contributed by atoms with E-state index in [1.165, 1.54) is 12.0 Å². The van der Waals surface area contributed by atoms with Crippen LogP contribution < -0.4 is 0 Å². The Hall–Kier alpha value is -1.59. The number of piperazine rings is 1. The molecular formula is C22H35N3O2. The maximum absolute atomic E-state index is 12.3. The highest BCUT2D eigenvalue weighted by atomic mass is 16.6. The van der Waals surface area contributed by atoms with Gasteiger partial charge in [-0.1, -0.05) is 30.3 Å². The Bertz CT molecular complexity index is 606. The third kappa shape index (κ3) is 5.69. The number of rotatable bonds is 4. The van der Waals surface area contributed by atoms with Gasteiger partial charge >= 0.3 is 6.09 Å². The quantitative estimate of drug-likeness (QED) is 0.808. The predicted octanol–water partition coefficient (Wildman–Crippen LogP) is 3.59. The first kappa shape index (κ1) is 20.2. The van der Waals surface area contributed by atoms with Crippen molar-refractivity contribution in [1.29, 1.82) is 0 Å². The molecule has 1 saturated carbocycles. The van der Waals surface area contributed by atoms with Gasteiger partial charge in [-0.15, -0.1) is 0 Å². The average Bonchev–Trinajstić information content (AvgIpc) is 3.11. The Balaban J connectivity index is 1.44. The zero-order chi connectivity index (χ0) is 19.4. The third-order valence-electron chi connectivity index (χ3n) is 5.78. The first-order chi connectivity index (χ1) is 12.8. The topological polar surface area (TPSA) is 36.0 Å². The molecule has 1 heterocycles. The van der Waals surface area contributed by atoms with Gasteiger partial charge < -0.3 is 9.64 Å². The van der Waals surface area contributed by atoms with Crippen molar-refractivity contribution < 1.29 is 9.53 Å². The van der Waals surface area contributed by atoms with E-state index in [1.54, 1.807) is 0 Å². The third-order valence-corrected chi connectivity index (χ3v) is 5.78. The second-order valence-electron chi connectivity index (χ2n) is 9.01. The first-order valence-electron chi connectivity index (χ1n) is 10.3. The van der Waals surface area contributed by atoms with E-state index < -0.39 is 5.60 Å². The number of hydrogen-bond donors (Lipinski definition) is 0. The maximum atomic E-state index is 12.3. The van der Waals surface area contributed by atoms with Gasteiger partial charge in [0.25, 0.3) is 0 Å². The predicted molar refractivity (Wildman–Crippen MR) is 109 cm³/mol. The van der Waals surface area contributed by atoms with Crippen LogP contribution in [-0.4, -0.2) is 71.7 Å². The molecule has 1 amide bonds. The summed E-state index contributed by atoms with van der Waals surface area (Å²) < 4.78 is 5.53. The largest absolute Gasteiger partial charge is 0.444 e. The minimum absolute atomic E-state index is 0.194. The van der Waals surface area contributed by atoms with Crippen LogP contribution in [0.2, 0.25) is 0 Å². The number of benzene rings is 1. The van der Waals surface area contributed by atoms with Crippen LogP contribution in [0.15, 0.2) is 30.3 Å². The van der Waals surface area contributed by atoms with E-state index in [2.05, 4.69) is 40.1 Å². The number of ether oxygens (including phenoxy) is 1. The Morgan fingerprint density at radius 1 is 1.11 bits per heavy atom. The van der Waals surface area contributed by atoms with Crippen molar-refractivity contribution >= 4 is 6.09 Å². The van der Waals surface area contributed by atoms with Gasteiger partial charge in [0.1, 0.15) is 5.60 Å². The van der Waals surface area contributed by atoms with Gasteiger partial charge in [-0.2, -0.15) is 0 Å². The molecule has 1 saturated heterocycles. The van der Waals surface area contributed by atoms with Gasteiger partial charge in [0.05, 0.1) is 0 Å². The standard InChI is InChI=1S/C22H35N3O2/c1-22(2,3)27-21(26)23(4)19-10-11-20(16-19)25-14-12-24(13-15-25)17-18-8-6-5-7-9-18/h5-9,19-20H,10-17H2,1-4H3. The van der Waals surface area contributed by atoms with Gasteiger partial charge in [-0.05, 0) is 45.6 Å². The van der Waals surface area contributed by atoms with Crippen molar-refractivity contribution in [2.75, 3.05) is 33.2 Å². The molecule has 1 aromatic rings. The number of hydrogen-bond acceptors (Lipinski definition) is 4. The van der Waals surface area contributed by atoms with Crippen molar-refractivity contribution in [1.82, 2.24) is 14.7 Å². The summed E-state index contributed by atoms with van der Waals surface area (Å²) in [5.41, 5.74) is 0.962. The second kappa shape index (κ2) is 8.61. The van der Waals surface area contributed by atoms with Crippen LogP contribution in [0, 0.1) is 0 Å². The lowest BCUT2D eigenvalue weighted by atomic mass is 10.1. The molecule has 3 rings (SSSR count). The minimum Gasteiger partial charge on any atom is -0.444 e. The molecule has 0 spiro atoms. The molecule has 2 fully saturated rings. The minimum atomic E-state index is -0.432. The summed E-state index contributed by atoms with van der Waals surface area (Å²) in [7, 11) is 1.89. The van der Waals surface area contributed by atoms with E-state index in [-0.39, 0.29) is 6.09 Å². The van der Waals surface area contributed by atoms with E-state index in [1.807, 2.05) is 32.7 Å². The summed E-state index contributed by atoms with van der Waals surface area (Å²) in [6.07, 6.45) is 3.12. The highest BCUT2D eigenvalue weighted by Crippen LogP contribution is 2.29. The Morgan fingerprint density at radius 2 is 1.78 bits per heavy atom. The fourth-order valence-electron chi connectivity index (χ4n) is 4.23. The van der Waals surface area contributed by atoms with Crippen molar-refractivity contribution in [2.45, 2.75) is 64.3 Å². The maximum Gasteiger partial charge on any atom is 0.410 e. The molecule has 5 nitrogen and oxygen atoms in total. The molecular weight excluding hydrogens is 338 g/mol. The number of amides is 1. The molecule has 0 aromatic heterocycles.